The first-order chi connectivity index (χ1) is 12.9. The van der Waals surface area contributed by atoms with E-state index in [4.69, 9.17) is 12.2 Å². The van der Waals surface area contributed by atoms with Gasteiger partial charge in [0.25, 0.3) is 0 Å². The number of hydrogen-bond donors (Lipinski definition) is 3. The van der Waals surface area contributed by atoms with Gasteiger partial charge in [-0.1, -0.05) is 32.9 Å². The first kappa shape index (κ1) is 21.1. The molecule has 2 aromatic rings. The molecule has 0 fully saturated rings. The normalized spacial score (nSPS) is 11.3. The molecule has 0 saturated carbocycles. The fourth-order valence-electron chi connectivity index (χ4n) is 2.47. The third-order valence-electron chi connectivity index (χ3n) is 3.98. The van der Waals surface area contributed by atoms with E-state index >= 15 is 0 Å². The maximum atomic E-state index is 12.4. The molecule has 0 radical (unpaired) electrons. The Morgan fingerprint density at radius 1 is 1.15 bits per heavy atom. The zero-order valence-corrected chi connectivity index (χ0v) is 17.3. The van der Waals surface area contributed by atoms with Crippen LogP contribution in [0, 0.1) is 0 Å². The maximum Gasteiger partial charge on any atom is 0.244 e. The molecule has 0 atom stereocenters. The molecule has 27 heavy (non-hydrogen) atoms. The first-order valence-electron chi connectivity index (χ1n) is 8.78. The second-order valence-corrected chi connectivity index (χ2v) is 8.07. The first-order valence-corrected chi connectivity index (χ1v) is 10.6. The van der Waals surface area contributed by atoms with Gasteiger partial charge in [-0.2, -0.15) is 4.31 Å². The van der Waals surface area contributed by atoms with Crippen molar-refractivity contribution in [1.29, 1.82) is 0 Å². The number of anilines is 2. The van der Waals surface area contributed by atoms with Gasteiger partial charge in [-0.05, 0) is 48.5 Å². The van der Waals surface area contributed by atoms with Gasteiger partial charge in [0.1, 0.15) is 10.7 Å². The van der Waals surface area contributed by atoms with Gasteiger partial charge in [0.05, 0.1) is 0 Å². The van der Waals surface area contributed by atoms with Gasteiger partial charge in [0.15, 0.2) is 5.11 Å². The molecule has 0 saturated heterocycles. The molecule has 0 aliphatic carbocycles. The fraction of sp³-hybridized carbons (Fsp3) is 0.333. The zero-order valence-electron chi connectivity index (χ0n) is 15.7. The summed E-state index contributed by atoms with van der Waals surface area (Å²) in [6.45, 7) is 6.53. The fourth-order valence-corrected chi connectivity index (χ4v) is 4.04. The van der Waals surface area contributed by atoms with Crippen molar-refractivity contribution in [3.63, 3.8) is 0 Å². The summed E-state index contributed by atoms with van der Waals surface area (Å²) in [4.78, 5) is 4.30. The number of aromatic nitrogens is 1. The van der Waals surface area contributed by atoms with Crippen LogP contribution in [0.3, 0.4) is 0 Å². The summed E-state index contributed by atoms with van der Waals surface area (Å²) in [7, 11) is -3.51. The lowest BCUT2D eigenvalue weighted by atomic mass is 10.1. The van der Waals surface area contributed by atoms with E-state index in [1.165, 1.54) is 22.1 Å². The predicted octanol–water partition coefficient (Wildman–Crippen LogP) is 2.99. The van der Waals surface area contributed by atoms with Crippen LogP contribution in [-0.4, -0.2) is 35.9 Å². The highest BCUT2D eigenvalue weighted by atomic mass is 32.2. The lowest BCUT2D eigenvalue weighted by Gasteiger charge is -2.18. The molecule has 0 amide bonds. The van der Waals surface area contributed by atoms with Crippen molar-refractivity contribution in [2.24, 2.45) is 0 Å². The van der Waals surface area contributed by atoms with Crippen LogP contribution in [0.25, 0.3) is 0 Å². The van der Waals surface area contributed by atoms with Gasteiger partial charge in [0, 0.05) is 25.0 Å². The number of thiocarbonyl (C=S) groups is 1. The highest BCUT2D eigenvalue weighted by molar-refractivity contribution is 7.89. The molecule has 2 rings (SSSR count). The Kier molecular flexibility index (Phi) is 7.52. The van der Waals surface area contributed by atoms with E-state index in [2.05, 4.69) is 34.1 Å². The number of nitrogens with zero attached hydrogens (tertiary/aromatic N) is 2. The Morgan fingerprint density at radius 3 is 2.48 bits per heavy atom. The second kappa shape index (κ2) is 9.63. The van der Waals surface area contributed by atoms with Crippen LogP contribution in [0.5, 0.6) is 0 Å². The average molecular weight is 408 g/mol. The monoisotopic (exact) mass is 407 g/mol. The third kappa shape index (κ3) is 5.62. The number of hydrazine groups is 1. The minimum Gasteiger partial charge on any atom is -0.331 e. The van der Waals surface area contributed by atoms with Crippen LogP contribution in [0.2, 0.25) is 0 Å². The molecular weight excluding hydrogens is 382 g/mol. The smallest absolute Gasteiger partial charge is 0.244 e. The average Bonchev–Trinajstić information content (AvgIpc) is 2.67. The molecule has 0 unspecified atom stereocenters. The van der Waals surface area contributed by atoms with Crippen molar-refractivity contribution in [3.8, 4) is 0 Å². The molecule has 0 aliphatic rings. The van der Waals surface area contributed by atoms with Gasteiger partial charge >= 0.3 is 0 Å². The molecule has 3 N–H and O–H groups in total. The van der Waals surface area contributed by atoms with Gasteiger partial charge < -0.3 is 5.32 Å². The lowest BCUT2D eigenvalue weighted by Crippen LogP contribution is -2.34. The predicted molar refractivity (Wildman–Crippen MR) is 113 cm³/mol. The molecule has 146 valence electrons. The van der Waals surface area contributed by atoms with Crippen LogP contribution >= 0.6 is 12.2 Å². The lowest BCUT2D eigenvalue weighted by molar-refractivity contribution is 0.445. The van der Waals surface area contributed by atoms with Crippen molar-refractivity contribution >= 4 is 38.9 Å². The van der Waals surface area contributed by atoms with Crippen LogP contribution in [0.15, 0.2) is 47.5 Å². The number of sulfonamides is 1. The van der Waals surface area contributed by atoms with Crippen LogP contribution < -0.4 is 16.2 Å². The van der Waals surface area contributed by atoms with E-state index in [1.807, 2.05) is 18.2 Å². The maximum absolute atomic E-state index is 12.4. The summed E-state index contributed by atoms with van der Waals surface area (Å²) in [6.07, 6.45) is 2.28. The van der Waals surface area contributed by atoms with Gasteiger partial charge in [-0.15, -0.1) is 0 Å². The minimum atomic E-state index is -3.51. The van der Waals surface area contributed by atoms with Crippen molar-refractivity contribution in [2.45, 2.75) is 32.1 Å². The zero-order chi connectivity index (χ0) is 19.9. The molecule has 0 aliphatic heterocycles. The Hall–Kier alpha value is -2.23. The Labute approximate surface area is 166 Å². The highest BCUT2D eigenvalue weighted by Gasteiger charge is 2.21. The molecule has 7 nitrogen and oxygen atoms in total. The molecular formula is C18H25N5O2S2. The van der Waals surface area contributed by atoms with Crippen molar-refractivity contribution in [3.05, 3.63) is 48.2 Å². The summed E-state index contributed by atoms with van der Waals surface area (Å²) in [5.74, 6) is 0.458. The van der Waals surface area contributed by atoms with E-state index in [-0.39, 0.29) is 4.90 Å². The Balaban J connectivity index is 1.95. The van der Waals surface area contributed by atoms with E-state index in [1.54, 1.807) is 19.9 Å². The second-order valence-electron chi connectivity index (χ2n) is 5.73. The number of rotatable bonds is 8. The van der Waals surface area contributed by atoms with E-state index in [9.17, 15) is 8.42 Å². The molecule has 0 bridgehead atoms. The molecule has 1 aromatic heterocycles. The largest absolute Gasteiger partial charge is 0.331 e. The van der Waals surface area contributed by atoms with Crippen molar-refractivity contribution in [2.75, 3.05) is 23.8 Å². The van der Waals surface area contributed by atoms with Crippen LogP contribution in [0.1, 0.15) is 26.3 Å². The number of aryl methyl sites for hydroxylation is 1. The number of pyridine rings is 1. The highest BCUT2D eigenvalue weighted by Crippen LogP contribution is 2.16. The number of nitrogens with one attached hydrogen (secondary N) is 3. The molecule has 1 aromatic carbocycles. The Morgan fingerprint density at radius 2 is 1.89 bits per heavy atom. The SMILES string of the molecule is CCc1cccc(NC(=S)NNc2ccc(S(=O)(=O)N(CC)CC)cn2)c1. The quantitative estimate of drug-likeness (QED) is 0.458. The Bertz CT molecular complexity index is 866. The van der Waals surface area contributed by atoms with Gasteiger partial charge in [-0.3, -0.25) is 10.9 Å². The summed E-state index contributed by atoms with van der Waals surface area (Å²) in [5, 5.41) is 3.46. The van der Waals surface area contributed by atoms with Crippen molar-refractivity contribution in [1.82, 2.24) is 14.7 Å². The van der Waals surface area contributed by atoms with Crippen LogP contribution in [0.4, 0.5) is 11.5 Å². The number of hydrogen-bond acceptors (Lipinski definition) is 5. The standard InChI is InChI=1S/C18H25N5O2S2/c1-4-14-8-7-9-15(12-14)20-18(26)22-21-17-11-10-16(13-19-17)27(24,25)23(5-2)6-3/h7-13H,4-6H2,1-3H3,(H,19,21)(H2,20,22,26). The van der Waals surface area contributed by atoms with Crippen molar-refractivity contribution < 1.29 is 8.42 Å². The number of benzene rings is 1. The third-order valence-corrected chi connectivity index (χ3v) is 6.21. The van der Waals surface area contributed by atoms with E-state index < -0.39 is 10.0 Å². The van der Waals surface area contributed by atoms with Crippen LogP contribution in [-0.2, 0) is 16.4 Å². The van der Waals surface area contributed by atoms with E-state index in [0.717, 1.165) is 12.1 Å². The van der Waals surface area contributed by atoms with E-state index in [0.29, 0.717) is 24.0 Å². The van der Waals surface area contributed by atoms with Gasteiger partial charge in [0.2, 0.25) is 10.0 Å². The minimum absolute atomic E-state index is 0.161. The molecule has 9 heteroatoms. The topological polar surface area (TPSA) is 86.4 Å². The summed E-state index contributed by atoms with van der Waals surface area (Å²) < 4.78 is 26.3. The summed E-state index contributed by atoms with van der Waals surface area (Å²) in [6, 6.07) is 11.1. The molecule has 1 heterocycles. The molecule has 0 spiro atoms. The summed E-state index contributed by atoms with van der Waals surface area (Å²) >= 11 is 5.25. The van der Waals surface area contributed by atoms with Gasteiger partial charge in [-0.25, -0.2) is 13.4 Å². The summed E-state index contributed by atoms with van der Waals surface area (Å²) in [5.41, 5.74) is 7.79.